The molecule has 2 aliphatic heterocycles. The third-order valence-electron chi connectivity index (χ3n) is 3.59. The summed E-state index contributed by atoms with van der Waals surface area (Å²) in [5.74, 6) is -0.275. The van der Waals surface area contributed by atoms with Crippen LogP contribution >= 0.6 is 11.3 Å². The molecule has 2 saturated heterocycles. The van der Waals surface area contributed by atoms with Gasteiger partial charge in [0, 0.05) is 24.4 Å². The number of nitrogens with zero attached hydrogens (tertiary/aromatic N) is 2. The lowest BCUT2D eigenvalue weighted by molar-refractivity contribution is -0.145. The Morgan fingerprint density at radius 3 is 3.00 bits per heavy atom. The molecule has 1 aromatic heterocycles. The largest absolute Gasteiger partial charge is 0.346 e. The molecule has 0 bridgehead atoms. The first-order valence-electron chi connectivity index (χ1n) is 6.17. The smallest absolute Gasteiger partial charge is 0.182 e. The number of aryl methyl sites for hydroxylation is 1. The molecule has 0 saturated carbocycles. The summed E-state index contributed by atoms with van der Waals surface area (Å²) in [6.07, 6.45) is 2.10. The van der Waals surface area contributed by atoms with Gasteiger partial charge in [0.1, 0.15) is 0 Å². The molecule has 0 N–H and O–H groups in total. The Labute approximate surface area is 106 Å². The molecule has 0 aliphatic carbocycles. The summed E-state index contributed by atoms with van der Waals surface area (Å²) in [4.78, 5) is 8.12. The highest BCUT2D eigenvalue weighted by molar-refractivity contribution is 7.09. The number of ether oxygens (including phenoxy) is 2. The van der Waals surface area contributed by atoms with Crippen LogP contribution in [0.15, 0.2) is 5.51 Å². The summed E-state index contributed by atoms with van der Waals surface area (Å²) < 4.78 is 11.4. The maximum atomic E-state index is 5.72. The van der Waals surface area contributed by atoms with E-state index in [1.807, 2.05) is 5.51 Å². The van der Waals surface area contributed by atoms with E-state index in [1.165, 1.54) is 10.6 Å². The molecular formula is C12H18N2O2S. The second-order valence-corrected chi connectivity index (χ2v) is 5.68. The van der Waals surface area contributed by atoms with Gasteiger partial charge in [-0.1, -0.05) is 0 Å². The van der Waals surface area contributed by atoms with Crippen molar-refractivity contribution in [2.45, 2.75) is 25.6 Å². The lowest BCUT2D eigenvalue weighted by atomic mass is 10.2. The van der Waals surface area contributed by atoms with Crippen LogP contribution in [0.2, 0.25) is 0 Å². The van der Waals surface area contributed by atoms with E-state index in [2.05, 4.69) is 16.8 Å². The number of thiazole rings is 1. The van der Waals surface area contributed by atoms with Gasteiger partial charge in [0.15, 0.2) is 5.79 Å². The molecule has 3 heterocycles. The lowest BCUT2D eigenvalue weighted by Crippen LogP contribution is -2.34. The Bertz CT molecular complexity index is 388. The zero-order valence-corrected chi connectivity index (χ0v) is 11.0. The molecule has 94 valence electrons. The van der Waals surface area contributed by atoms with Gasteiger partial charge in [-0.25, -0.2) is 4.98 Å². The third-order valence-corrected chi connectivity index (χ3v) is 4.58. The summed E-state index contributed by atoms with van der Waals surface area (Å²) in [5.41, 5.74) is 3.11. The van der Waals surface area contributed by atoms with E-state index in [1.54, 1.807) is 11.3 Å². The van der Waals surface area contributed by atoms with Crippen LogP contribution < -0.4 is 0 Å². The SMILES string of the molecule is Cc1ncsc1CCN1CCC2(C1)OCCO2. The van der Waals surface area contributed by atoms with Crippen LogP contribution in [-0.4, -0.2) is 48.5 Å². The number of hydrogen-bond acceptors (Lipinski definition) is 5. The average Bonchev–Trinajstić information content (AvgIpc) is 3.01. The van der Waals surface area contributed by atoms with Gasteiger partial charge in [-0.15, -0.1) is 11.3 Å². The quantitative estimate of drug-likeness (QED) is 0.817. The van der Waals surface area contributed by atoms with E-state index in [0.29, 0.717) is 0 Å². The zero-order valence-electron chi connectivity index (χ0n) is 10.1. The second-order valence-electron chi connectivity index (χ2n) is 4.74. The van der Waals surface area contributed by atoms with E-state index in [9.17, 15) is 0 Å². The molecule has 0 radical (unpaired) electrons. The molecule has 5 heteroatoms. The van der Waals surface area contributed by atoms with Crippen molar-refractivity contribution in [3.8, 4) is 0 Å². The van der Waals surface area contributed by atoms with Crippen LogP contribution in [0.4, 0.5) is 0 Å². The van der Waals surface area contributed by atoms with Gasteiger partial charge in [-0.2, -0.15) is 0 Å². The molecule has 4 nitrogen and oxygen atoms in total. The number of hydrogen-bond donors (Lipinski definition) is 0. The van der Waals surface area contributed by atoms with Crippen LogP contribution in [0.3, 0.4) is 0 Å². The minimum Gasteiger partial charge on any atom is -0.346 e. The molecule has 2 aliphatic rings. The van der Waals surface area contributed by atoms with Gasteiger partial charge in [-0.3, -0.25) is 4.90 Å². The lowest BCUT2D eigenvalue weighted by Gasteiger charge is -2.22. The molecule has 0 amide bonds. The topological polar surface area (TPSA) is 34.6 Å². The summed E-state index contributed by atoms with van der Waals surface area (Å²) in [6, 6.07) is 0. The van der Waals surface area contributed by atoms with E-state index in [-0.39, 0.29) is 5.79 Å². The predicted octanol–water partition coefficient (Wildman–Crippen LogP) is 1.44. The number of likely N-dealkylation sites (tertiary alicyclic amines) is 1. The molecule has 0 atom stereocenters. The third kappa shape index (κ3) is 2.38. The highest BCUT2D eigenvalue weighted by Crippen LogP contribution is 2.30. The number of rotatable bonds is 3. The fraction of sp³-hybridized carbons (Fsp3) is 0.750. The molecular weight excluding hydrogens is 236 g/mol. The van der Waals surface area contributed by atoms with Crippen molar-refractivity contribution in [2.24, 2.45) is 0 Å². The molecule has 3 rings (SSSR count). The summed E-state index contributed by atoms with van der Waals surface area (Å²) >= 11 is 1.76. The fourth-order valence-corrected chi connectivity index (χ4v) is 3.35. The Hall–Kier alpha value is -0.490. The van der Waals surface area contributed by atoms with Crippen molar-refractivity contribution in [2.75, 3.05) is 32.8 Å². The average molecular weight is 254 g/mol. The monoisotopic (exact) mass is 254 g/mol. The van der Waals surface area contributed by atoms with E-state index in [0.717, 1.165) is 45.7 Å². The van der Waals surface area contributed by atoms with Crippen LogP contribution in [0.1, 0.15) is 17.0 Å². The molecule has 17 heavy (non-hydrogen) atoms. The van der Waals surface area contributed by atoms with E-state index in [4.69, 9.17) is 9.47 Å². The Morgan fingerprint density at radius 1 is 1.47 bits per heavy atom. The van der Waals surface area contributed by atoms with Crippen LogP contribution in [0, 0.1) is 6.92 Å². The highest BCUT2D eigenvalue weighted by Gasteiger charge is 2.42. The van der Waals surface area contributed by atoms with Crippen molar-refractivity contribution in [3.05, 3.63) is 16.1 Å². The molecule has 2 fully saturated rings. The minimum absolute atomic E-state index is 0.275. The van der Waals surface area contributed by atoms with Gasteiger partial charge in [0.05, 0.1) is 31.0 Å². The molecule has 1 spiro atoms. The fourth-order valence-electron chi connectivity index (χ4n) is 2.58. The van der Waals surface area contributed by atoms with E-state index < -0.39 is 0 Å². The summed E-state index contributed by atoms with van der Waals surface area (Å²) in [6.45, 7) is 6.67. The first kappa shape index (κ1) is 11.6. The van der Waals surface area contributed by atoms with Crippen molar-refractivity contribution < 1.29 is 9.47 Å². The maximum absolute atomic E-state index is 5.72. The van der Waals surface area contributed by atoms with Gasteiger partial charge >= 0.3 is 0 Å². The maximum Gasteiger partial charge on any atom is 0.182 e. The Balaban J connectivity index is 1.52. The van der Waals surface area contributed by atoms with Gasteiger partial charge in [0.2, 0.25) is 0 Å². The van der Waals surface area contributed by atoms with Gasteiger partial charge < -0.3 is 9.47 Å². The van der Waals surface area contributed by atoms with Crippen molar-refractivity contribution in [1.82, 2.24) is 9.88 Å². The molecule has 0 aromatic carbocycles. The number of aromatic nitrogens is 1. The normalized spacial score (nSPS) is 23.8. The zero-order chi connectivity index (χ0) is 11.7. The van der Waals surface area contributed by atoms with Gasteiger partial charge in [-0.05, 0) is 13.3 Å². The van der Waals surface area contributed by atoms with Crippen molar-refractivity contribution in [1.29, 1.82) is 0 Å². The minimum atomic E-state index is -0.275. The predicted molar refractivity (Wildman–Crippen MR) is 66.2 cm³/mol. The van der Waals surface area contributed by atoms with Crippen LogP contribution in [0.25, 0.3) is 0 Å². The van der Waals surface area contributed by atoms with Gasteiger partial charge in [0.25, 0.3) is 0 Å². The van der Waals surface area contributed by atoms with Crippen molar-refractivity contribution in [3.63, 3.8) is 0 Å². The summed E-state index contributed by atoms with van der Waals surface area (Å²) in [7, 11) is 0. The summed E-state index contributed by atoms with van der Waals surface area (Å²) in [5, 5.41) is 0. The van der Waals surface area contributed by atoms with Crippen LogP contribution in [-0.2, 0) is 15.9 Å². The van der Waals surface area contributed by atoms with Crippen LogP contribution in [0.5, 0.6) is 0 Å². The molecule has 1 aromatic rings. The first-order chi connectivity index (χ1) is 8.27. The standard InChI is InChI=1S/C12H18N2O2S/c1-10-11(17-9-13-10)2-4-14-5-3-12(8-14)15-6-7-16-12/h9H,2-8H2,1H3. The Kier molecular flexibility index (Phi) is 3.17. The first-order valence-corrected chi connectivity index (χ1v) is 7.05. The highest BCUT2D eigenvalue weighted by atomic mass is 32.1. The van der Waals surface area contributed by atoms with Crippen molar-refractivity contribution >= 4 is 11.3 Å². The van der Waals surface area contributed by atoms with E-state index >= 15 is 0 Å². The Morgan fingerprint density at radius 2 is 2.29 bits per heavy atom. The second kappa shape index (κ2) is 4.65. The molecule has 0 unspecified atom stereocenters.